The smallest absolute Gasteiger partial charge is 0.137 e. The molecule has 1 aliphatic carbocycles. The molecular formula is C57H37NO. The summed E-state index contributed by atoms with van der Waals surface area (Å²) >= 11 is 0. The van der Waals surface area contributed by atoms with Crippen molar-refractivity contribution in [3.8, 4) is 22.3 Å². The Hall–Kier alpha value is -7.68. The number of furan rings is 1. The molecule has 0 amide bonds. The van der Waals surface area contributed by atoms with Gasteiger partial charge in [-0.1, -0.05) is 182 Å². The molecule has 0 unspecified atom stereocenters. The molecule has 0 spiro atoms. The zero-order valence-corrected chi connectivity index (χ0v) is 32.2. The van der Waals surface area contributed by atoms with Crippen molar-refractivity contribution in [1.82, 2.24) is 0 Å². The second-order valence-corrected chi connectivity index (χ2v) is 15.6. The third kappa shape index (κ3) is 5.06. The van der Waals surface area contributed by atoms with Crippen LogP contribution in [0.15, 0.2) is 229 Å². The van der Waals surface area contributed by atoms with Gasteiger partial charge in [0.1, 0.15) is 11.2 Å². The van der Waals surface area contributed by atoms with E-state index in [1.807, 2.05) is 12.1 Å². The molecule has 0 saturated carbocycles. The molecular weight excluding hydrogens is 715 g/mol. The molecule has 0 atom stereocenters. The largest absolute Gasteiger partial charge is 0.456 e. The highest BCUT2D eigenvalue weighted by molar-refractivity contribution is 6.15. The lowest BCUT2D eigenvalue weighted by Gasteiger charge is -2.34. The van der Waals surface area contributed by atoms with Gasteiger partial charge in [-0.3, -0.25) is 0 Å². The van der Waals surface area contributed by atoms with Gasteiger partial charge in [-0.05, 0) is 97.1 Å². The second-order valence-electron chi connectivity index (χ2n) is 15.6. The maximum atomic E-state index is 6.44. The molecule has 0 bridgehead atoms. The van der Waals surface area contributed by atoms with Crippen LogP contribution in [0, 0.1) is 0 Å². The number of hydrogen-bond donors (Lipinski definition) is 0. The SMILES string of the molecule is c1ccc(C2(c3ccc(-c4ccc(N(c5ccc6c(c5)oc5ccccc56)c5cc6ccccc6c6ccccc56)cc4)cc3)c3ccccc3-c3ccccc32)cc1. The van der Waals surface area contributed by atoms with Gasteiger partial charge in [-0.15, -0.1) is 0 Å². The third-order valence-corrected chi connectivity index (χ3v) is 12.5. The molecule has 2 heteroatoms. The van der Waals surface area contributed by atoms with Crippen LogP contribution in [0.4, 0.5) is 17.1 Å². The van der Waals surface area contributed by atoms with E-state index in [9.17, 15) is 0 Å². The molecule has 1 aromatic heterocycles. The summed E-state index contributed by atoms with van der Waals surface area (Å²) in [7, 11) is 0. The summed E-state index contributed by atoms with van der Waals surface area (Å²) in [6.45, 7) is 0. The Balaban J connectivity index is 0.988. The Morgan fingerprint density at radius 1 is 0.339 bits per heavy atom. The summed E-state index contributed by atoms with van der Waals surface area (Å²) in [5.74, 6) is 0. The van der Waals surface area contributed by atoms with Crippen molar-refractivity contribution in [3.63, 3.8) is 0 Å². The Morgan fingerprint density at radius 2 is 0.864 bits per heavy atom. The Labute approximate surface area is 342 Å². The van der Waals surface area contributed by atoms with E-state index in [4.69, 9.17) is 4.42 Å². The quantitative estimate of drug-likeness (QED) is 0.157. The highest BCUT2D eigenvalue weighted by Crippen LogP contribution is 2.56. The van der Waals surface area contributed by atoms with Gasteiger partial charge >= 0.3 is 0 Å². The molecule has 1 aliphatic rings. The first kappa shape index (κ1) is 33.5. The predicted octanol–water partition coefficient (Wildman–Crippen LogP) is 15.4. The minimum Gasteiger partial charge on any atom is -0.456 e. The van der Waals surface area contributed by atoms with Crippen LogP contribution < -0.4 is 4.90 Å². The first-order valence-corrected chi connectivity index (χ1v) is 20.3. The van der Waals surface area contributed by atoms with Crippen LogP contribution in [0.2, 0.25) is 0 Å². The number of para-hydroxylation sites is 1. The molecule has 0 radical (unpaired) electrons. The topological polar surface area (TPSA) is 16.4 Å². The van der Waals surface area contributed by atoms with Crippen molar-refractivity contribution < 1.29 is 4.42 Å². The van der Waals surface area contributed by atoms with Crippen molar-refractivity contribution in [3.05, 3.63) is 247 Å². The lowest BCUT2D eigenvalue weighted by Crippen LogP contribution is -2.28. The molecule has 59 heavy (non-hydrogen) atoms. The maximum absolute atomic E-state index is 6.44. The molecule has 10 aromatic carbocycles. The van der Waals surface area contributed by atoms with E-state index in [0.717, 1.165) is 44.6 Å². The number of hydrogen-bond acceptors (Lipinski definition) is 2. The fraction of sp³-hybridized carbons (Fsp3) is 0.0175. The number of fused-ring (bicyclic) bond motifs is 9. The van der Waals surface area contributed by atoms with Crippen LogP contribution in [-0.4, -0.2) is 0 Å². The molecule has 2 nitrogen and oxygen atoms in total. The summed E-state index contributed by atoms with van der Waals surface area (Å²) in [5.41, 5.74) is 14.7. The number of benzene rings is 10. The van der Waals surface area contributed by atoms with Gasteiger partial charge in [0.25, 0.3) is 0 Å². The molecule has 11 aromatic rings. The first-order chi connectivity index (χ1) is 29.3. The predicted molar refractivity (Wildman–Crippen MR) is 246 cm³/mol. The molecule has 276 valence electrons. The van der Waals surface area contributed by atoms with Gasteiger partial charge in [-0.25, -0.2) is 0 Å². The van der Waals surface area contributed by atoms with E-state index in [0.29, 0.717) is 0 Å². The van der Waals surface area contributed by atoms with Gasteiger partial charge in [0.15, 0.2) is 0 Å². The number of anilines is 3. The van der Waals surface area contributed by atoms with E-state index >= 15 is 0 Å². The van der Waals surface area contributed by atoms with Crippen LogP contribution in [0.25, 0.3) is 65.7 Å². The van der Waals surface area contributed by atoms with Crippen LogP contribution in [-0.2, 0) is 5.41 Å². The van der Waals surface area contributed by atoms with E-state index in [1.165, 1.54) is 60.5 Å². The monoisotopic (exact) mass is 751 g/mol. The van der Waals surface area contributed by atoms with Crippen molar-refractivity contribution in [2.75, 3.05) is 4.90 Å². The van der Waals surface area contributed by atoms with E-state index in [1.54, 1.807) is 0 Å². The average molecular weight is 752 g/mol. The van der Waals surface area contributed by atoms with Gasteiger partial charge in [0.05, 0.1) is 11.1 Å². The van der Waals surface area contributed by atoms with Crippen LogP contribution in [0.3, 0.4) is 0 Å². The van der Waals surface area contributed by atoms with Gasteiger partial charge in [0.2, 0.25) is 0 Å². The van der Waals surface area contributed by atoms with Gasteiger partial charge in [-0.2, -0.15) is 0 Å². The Kier molecular flexibility index (Phi) is 7.48. The fourth-order valence-corrected chi connectivity index (χ4v) is 9.93. The lowest BCUT2D eigenvalue weighted by molar-refractivity contribution is 0.669. The zero-order chi connectivity index (χ0) is 38.9. The highest BCUT2D eigenvalue weighted by Gasteiger charge is 2.45. The fourth-order valence-electron chi connectivity index (χ4n) is 9.93. The van der Waals surface area contributed by atoms with Crippen molar-refractivity contribution in [2.24, 2.45) is 0 Å². The second kappa shape index (κ2) is 13.2. The molecule has 0 aliphatic heterocycles. The zero-order valence-electron chi connectivity index (χ0n) is 32.2. The number of rotatable bonds is 6. The summed E-state index contributed by atoms with van der Waals surface area (Å²) in [5, 5.41) is 7.12. The minimum atomic E-state index is -0.416. The summed E-state index contributed by atoms with van der Waals surface area (Å²) in [6, 6.07) is 81.8. The average Bonchev–Trinajstić information content (AvgIpc) is 3.83. The first-order valence-electron chi connectivity index (χ1n) is 20.3. The molecule has 12 rings (SSSR count). The number of nitrogens with zero attached hydrogens (tertiary/aromatic N) is 1. The summed E-state index contributed by atoms with van der Waals surface area (Å²) in [4.78, 5) is 2.38. The Bertz CT molecular complexity index is 3330. The molecule has 0 fully saturated rings. The van der Waals surface area contributed by atoms with Gasteiger partial charge < -0.3 is 9.32 Å². The third-order valence-electron chi connectivity index (χ3n) is 12.5. The van der Waals surface area contributed by atoms with Crippen LogP contribution >= 0.6 is 0 Å². The highest BCUT2D eigenvalue weighted by atomic mass is 16.3. The van der Waals surface area contributed by atoms with E-state index in [-0.39, 0.29) is 0 Å². The normalized spacial score (nSPS) is 12.9. The van der Waals surface area contributed by atoms with Crippen molar-refractivity contribution in [1.29, 1.82) is 0 Å². The van der Waals surface area contributed by atoms with E-state index < -0.39 is 5.41 Å². The van der Waals surface area contributed by atoms with Crippen LogP contribution in [0.1, 0.15) is 22.3 Å². The maximum Gasteiger partial charge on any atom is 0.137 e. The summed E-state index contributed by atoms with van der Waals surface area (Å²) < 4.78 is 6.44. The van der Waals surface area contributed by atoms with Crippen LogP contribution in [0.5, 0.6) is 0 Å². The summed E-state index contributed by atoms with van der Waals surface area (Å²) in [6.07, 6.45) is 0. The lowest BCUT2D eigenvalue weighted by atomic mass is 9.67. The van der Waals surface area contributed by atoms with E-state index in [2.05, 4.69) is 217 Å². The molecule has 0 N–H and O–H groups in total. The molecule has 0 saturated heterocycles. The standard InChI is InChI=1S/C57H37NO/c1-2-15-41(16-3-1)57(52-23-11-8-19-47(52)48-20-9-12-24-53(48)57)42-30-26-38(27-31-42)39-28-32-43(33-29-39)58(44-34-35-51-50-22-10-13-25-55(50)59-56(51)37-44)54-36-40-14-4-5-17-45(40)46-18-6-7-21-49(46)54/h1-37H. The minimum absolute atomic E-state index is 0.416. The Morgan fingerprint density at radius 3 is 1.59 bits per heavy atom. The van der Waals surface area contributed by atoms with Crippen molar-refractivity contribution >= 4 is 60.5 Å². The molecule has 1 heterocycles. The van der Waals surface area contributed by atoms with Gasteiger partial charge in [0, 0.05) is 33.6 Å². The van der Waals surface area contributed by atoms with Crippen molar-refractivity contribution in [2.45, 2.75) is 5.41 Å².